The van der Waals surface area contributed by atoms with E-state index in [2.05, 4.69) is 180 Å². The molecule has 4 nitrogen and oxygen atoms in total. The smallest absolute Gasteiger partial charge is 0.149 e. The summed E-state index contributed by atoms with van der Waals surface area (Å²) in [4.78, 5) is 10.5. The predicted octanol–water partition coefficient (Wildman–Crippen LogP) is 15.8. The monoisotopic (exact) mass is 822 g/mol. The maximum Gasteiger partial charge on any atom is 0.149 e. The summed E-state index contributed by atoms with van der Waals surface area (Å²) in [6.45, 7) is 17.2. The van der Waals surface area contributed by atoms with Crippen molar-refractivity contribution < 1.29 is 6.48 Å². The van der Waals surface area contributed by atoms with Crippen molar-refractivity contribution in [1.29, 1.82) is 0 Å². The van der Waals surface area contributed by atoms with Gasteiger partial charge in [0.25, 0.3) is 0 Å². The second-order valence-corrected chi connectivity index (χ2v) is 18.9. The second kappa shape index (κ2) is 16.3. The van der Waals surface area contributed by atoms with Crippen LogP contribution in [0.1, 0.15) is 79.3 Å². The first-order valence-electron chi connectivity index (χ1n) is 22.4. The lowest BCUT2D eigenvalue weighted by Gasteiger charge is -2.23. The van der Waals surface area contributed by atoms with Crippen LogP contribution in [0.15, 0.2) is 176 Å². The first-order valence-corrected chi connectivity index (χ1v) is 21.9. The van der Waals surface area contributed by atoms with E-state index in [-0.39, 0.29) is 16.6 Å². The average molecular weight is 823 g/mol. The molecule has 9 rings (SSSR count). The molecule has 7 aromatic carbocycles. The summed E-state index contributed by atoms with van der Waals surface area (Å²) >= 11 is 0. The first kappa shape index (κ1) is 40.1. The van der Waals surface area contributed by atoms with Gasteiger partial charge in [0.1, 0.15) is 11.6 Å². The fourth-order valence-corrected chi connectivity index (χ4v) is 8.49. The summed E-state index contributed by atoms with van der Waals surface area (Å²) in [5.74, 6) is 0.125. The van der Waals surface area contributed by atoms with E-state index >= 15 is 0 Å². The third-order valence-corrected chi connectivity index (χ3v) is 12.2. The van der Waals surface area contributed by atoms with Crippen LogP contribution in [0.4, 0.5) is 0 Å². The molecule has 2 heterocycles. The summed E-state index contributed by atoms with van der Waals surface area (Å²) in [5, 5.41) is 11.8. The van der Waals surface area contributed by atoms with Gasteiger partial charge in [-0.25, -0.2) is 4.98 Å². The molecular weight excluding hydrogens is 767 g/mol. The van der Waals surface area contributed by atoms with Gasteiger partial charge in [-0.2, -0.15) is 0 Å². The van der Waals surface area contributed by atoms with Crippen molar-refractivity contribution >= 4 is 11.0 Å². The SMILES string of the molecule is [2H]C(C)(C)c1cccc(-c2ccnc(-c3cc(-c4ccccc4)cc(-c4cccc5c4nc(-c4cc(C(C)(C)C)ccc4O)n5-c4ccc(C(C)(C)C)cc4-c4ccccc4)c3)c2)c1. The van der Waals surface area contributed by atoms with Crippen molar-refractivity contribution in [3.8, 4) is 78.6 Å². The van der Waals surface area contributed by atoms with Crippen LogP contribution >= 0.6 is 0 Å². The molecule has 63 heavy (non-hydrogen) atoms. The van der Waals surface area contributed by atoms with Crippen molar-refractivity contribution in [2.75, 3.05) is 0 Å². The molecule has 0 saturated heterocycles. The van der Waals surface area contributed by atoms with E-state index in [4.69, 9.17) is 11.3 Å². The molecule has 0 aliphatic heterocycles. The van der Waals surface area contributed by atoms with Crippen LogP contribution in [0.25, 0.3) is 83.9 Å². The number of imidazole rings is 1. The van der Waals surface area contributed by atoms with Gasteiger partial charge in [-0.3, -0.25) is 9.55 Å². The normalized spacial score (nSPS) is 12.4. The number of rotatable bonds is 8. The summed E-state index contributed by atoms with van der Waals surface area (Å²) < 4.78 is 10.9. The highest BCUT2D eigenvalue weighted by molar-refractivity contribution is 5.98. The summed E-state index contributed by atoms with van der Waals surface area (Å²) in [7, 11) is 0. The quantitative estimate of drug-likeness (QED) is 0.166. The minimum Gasteiger partial charge on any atom is -0.507 e. The van der Waals surface area contributed by atoms with Gasteiger partial charge in [-0.15, -0.1) is 0 Å². The number of aromatic nitrogens is 3. The highest BCUT2D eigenvalue weighted by Gasteiger charge is 2.26. The number of pyridine rings is 1. The molecule has 4 heteroatoms. The largest absolute Gasteiger partial charge is 0.507 e. The van der Waals surface area contributed by atoms with Crippen LogP contribution in [0.3, 0.4) is 0 Å². The molecule has 0 bridgehead atoms. The Kier molecular flexibility index (Phi) is 10.4. The number of phenolic OH excluding ortho intramolecular Hbond substituents is 1. The Morgan fingerprint density at radius 1 is 0.508 bits per heavy atom. The third-order valence-electron chi connectivity index (χ3n) is 12.2. The number of nitrogens with zero attached hydrogens (tertiary/aromatic N) is 3. The number of benzene rings is 7. The standard InChI is InChI=1S/C59H55N3O/c1-38(2)41-21-15-22-42(31-41)43-29-30-60-52(35-43)46-33-44(39-17-11-9-12-18-39)32-45(34-46)49-23-16-24-54-56(49)61-57(51-37-48(59(6,7)8)26-28-55(51)63)62(54)53-27-25-47(58(3,4)5)36-50(53)40-19-13-10-14-20-40/h9-38,63H,1-8H3/i38D. The second-order valence-electron chi connectivity index (χ2n) is 18.9. The number of hydrogen-bond acceptors (Lipinski definition) is 3. The van der Waals surface area contributed by atoms with E-state index < -0.39 is 5.89 Å². The van der Waals surface area contributed by atoms with Gasteiger partial charge < -0.3 is 5.11 Å². The zero-order valence-electron chi connectivity index (χ0n) is 38.5. The molecule has 2 aromatic heterocycles. The zero-order valence-corrected chi connectivity index (χ0v) is 37.5. The van der Waals surface area contributed by atoms with Crippen molar-refractivity contribution in [3.63, 3.8) is 0 Å². The lowest BCUT2D eigenvalue weighted by atomic mass is 9.84. The van der Waals surface area contributed by atoms with Crippen molar-refractivity contribution in [2.45, 2.75) is 72.1 Å². The molecule has 0 spiro atoms. The van der Waals surface area contributed by atoms with Crippen LogP contribution in [-0.2, 0) is 10.8 Å². The van der Waals surface area contributed by atoms with Crippen LogP contribution in [0.2, 0.25) is 0 Å². The molecule has 1 N–H and O–H groups in total. The Morgan fingerprint density at radius 3 is 1.81 bits per heavy atom. The van der Waals surface area contributed by atoms with Crippen molar-refractivity contribution in [1.82, 2.24) is 14.5 Å². The molecule has 0 radical (unpaired) electrons. The molecular formula is C59H55N3O. The zero-order chi connectivity index (χ0) is 45.0. The lowest BCUT2D eigenvalue weighted by molar-refractivity contribution is 0.475. The van der Waals surface area contributed by atoms with Gasteiger partial charge in [0, 0.05) is 24.3 Å². The van der Waals surface area contributed by atoms with Crippen LogP contribution in [0, 0.1) is 0 Å². The summed E-state index contributed by atoms with van der Waals surface area (Å²) in [6.07, 6.45) is 1.88. The van der Waals surface area contributed by atoms with Crippen molar-refractivity contribution in [3.05, 3.63) is 193 Å². The first-order chi connectivity index (χ1) is 30.5. The molecule has 0 saturated carbocycles. The van der Waals surface area contributed by atoms with E-state index in [1.165, 1.54) is 5.56 Å². The van der Waals surface area contributed by atoms with E-state index in [9.17, 15) is 5.11 Å². The minimum absolute atomic E-state index is 0.0763. The molecule has 0 aliphatic rings. The summed E-state index contributed by atoms with van der Waals surface area (Å²) in [6, 6.07) is 59.3. The Morgan fingerprint density at radius 2 is 1.11 bits per heavy atom. The Balaban J connectivity index is 1.31. The highest BCUT2D eigenvalue weighted by atomic mass is 16.3. The Hall–Kier alpha value is -7.04. The number of aromatic hydroxyl groups is 1. The van der Waals surface area contributed by atoms with E-state index in [0.717, 1.165) is 83.6 Å². The molecule has 0 unspecified atom stereocenters. The van der Waals surface area contributed by atoms with Crippen molar-refractivity contribution in [2.24, 2.45) is 0 Å². The van der Waals surface area contributed by atoms with Gasteiger partial charge in [-0.1, -0.05) is 165 Å². The molecule has 0 amide bonds. The van der Waals surface area contributed by atoms with Crippen LogP contribution in [0.5, 0.6) is 5.75 Å². The van der Waals surface area contributed by atoms with Gasteiger partial charge in [0.15, 0.2) is 0 Å². The number of fused-ring (bicyclic) bond motifs is 1. The number of hydrogen-bond donors (Lipinski definition) is 1. The molecule has 9 aromatic rings. The van der Waals surface area contributed by atoms with Gasteiger partial charge >= 0.3 is 0 Å². The molecule has 312 valence electrons. The Bertz CT molecular complexity index is 3160. The fraction of sp³-hybridized carbons (Fsp3) is 0.186. The van der Waals surface area contributed by atoms with Gasteiger partial charge in [-0.05, 0) is 127 Å². The Labute approximate surface area is 374 Å². The topological polar surface area (TPSA) is 50.9 Å². The maximum atomic E-state index is 11.8. The average Bonchev–Trinajstić information content (AvgIpc) is 3.68. The predicted molar refractivity (Wildman–Crippen MR) is 265 cm³/mol. The minimum atomic E-state index is -0.716. The van der Waals surface area contributed by atoms with Gasteiger partial charge in [0.05, 0.1) is 28.0 Å². The molecule has 0 atom stereocenters. The van der Waals surface area contributed by atoms with E-state index in [1.54, 1.807) is 0 Å². The maximum absolute atomic E-state index is 11.8. The molecule has 0 fully saturated rings. The number of phenols is 1. The lowest BCUT2D eigenvalue weighted by Crippen LogP contribution is -2.12. The van der Waals surface area contributed by atoms with Crippen LogP contribution < -0.4 is 0 Å². The van der Waals surface area contributed by atoms with Crippen LogP contribution in [-0.4, -0.2) is 19.6 Å². The third kappa shape index (κ3) is 8.22. The van der Waals surface area contributed by atoms with E-state index in [1.807, 2.05) is 56.4 Å². The number of para-hydroxylation sites is 1. The summed E-state index contributed by atoms with van der Waals surface area (Å²) in [5.41, 5.74) is 16.7. The highest BCUT2D eigenvalue weighted by Crippen LogP contribution is 2.43. The van der Waals surface area contributed by atoms with E-state index in [0.29, 0.717) is 11.4 Å². The molecule has 0 aliphatic carbocycles. The van der Waals surface area contributed by atoms with Gasteiger partial charge in [0.2, 0.25) is 0 Å². The fourth-order valence-electron chi connectivity index (χ4n) is 8.49.